The second-order valence-corrected chi connectivity index (χ2v) is 8.26. The quantitative estimate of drug-likeness (QED) is 0.111. The van der Waals surface area contributed by atoms with Gasteiger partial charge in [-0.15, -0.1) is 0 Å². The van der Waals surface area contributed by atoms with Crippen LogP contribution in [0, 0.1) is 5.92 Å². The molecule has 4 heteroatoms. The third kappa shape index (κ3) is 19.7. The van der Waals surface area contributed by atoms with E-state index in [9.17, 15) is 14.7 Å². The minimum Gasteiger partial charge on any atom is -0.481 e. The van der Waals surface area contributed by atoms with Gasteiger partial charge < -0.3 is 9.84 Å². The predicted molar refractivity (Wildman–Crippen MR) is 126 cm³/mol. The Morgan fingerprint density at radius 2 is 1.33 bits per heavy atom. The molecule has 0 bridgehead atoms. The molecule has 0 spiro atoms. The molecule has 1 N–H and O–H groups in total. The number of carboxylic acid groups (broad SMARTS) is 1. The zero-order valence-corrected chi connectivity index (χ0v) is 19.4. The van der Waals surface area contributed by atoms with Gasteiger partial charge in [-0.2, -0.15) is 0 Å². The van der Waals surface area contributed by atoms with Gasteiger partial charge in [-0.05, 0) is 25.7 Å². The molecule has 0 aromatic rings. The van der Waals surface area contributed by atoms with Gasteiger partial charge in [-0.1, -0.05) is 109 Å². The van der Waals surface area contributed by atoms with Crippen molar-refractivity contribution in [3.8, 4) is 0 Å². The Bertz CT molecular complexity index is 456. The summed E-state index contributed by atoms with van der Waals surface area (Å²) in [6.07, 6.45) is 25.4. The highest BCUT2D eigenvalue weighted by Gasteiger charge is 2.21. The predicted octanol–water partition coefficient (Wildman–Crippen LogP) is 7.62. The van der Waals surface area contributed by atoms with Gasteiger partial charge in [0.05, 0.1) is 12.3 Å². The van der Waals surface area contributed by atoms with Gasteiger partial charge in [0, 0.05) is 0 Å². The van der Waals surface area contributed by atoms with Crippen molar-refractivity contribution in [1.82, 2.24) is 0 Å². The molecular weight excluding hydrogens is 376 g/mol. The summed E-state index contributed by atoms with van der Waals surface area (Å²) in [5.41, 5.74) is 0. The Kier molecular flexibility index (Phi) is 20.9. The molecule has 0 saturated carbocycles. The van der Waals surface area contributed by atoms with Gasteiger partial charge >= 0.3 is 11.9 Å². The molecule has 0 aliphatic heterocycles. The van der Waals surface area contributed by atoms with Gasteiger partial charge in [-0.3, -0.25) is 9.59 Å². The van der Waals surface area contributed by atoms with Crippen molar-refractivity contribution in [2.24, 2.45) is 5.92 Å². The number of carbonyl (C=O) groups is 2. The molecule has 30 heavy (non-hydrogen) atoms. The van der Waals surface area contributed by atoms with E-state index in [4.69, 9.17) is 4.74 Å². The van der Waals surface area contributed by atoms with Crippen LogP contribution in [-0.4, -0.2) is 23.7 Å². The average Bonchev–Trinajstić information content (AvgIpc) is 2.73. The second-order valence-electron chi connectivity index (χ2n) is 8.26. The van der Waals surface area contributed by atoms with Gasteiger partial charge in [0.15, 0.2) is 0 Å². The van der Waals surface area contributed by atoms with E-state index in [1.165, 1.54) is 76.7 Å². The monoisotopic (exact) mass is 422 g/mol. The standard InChI is InChI=1S/C26H46O4/c1-3-5-6-7-8-9-10-11-12-13-14-15-16-17-18-19-20-21-24(26(28)29)23-25(27)30-22-4-2/h4-6,24H,2-3,7-23H2,1H3,(H,28,29)/b6-5+. The van der Waals surface area contributed by atoms with Crippen LogP contribution in [0.3, 0.4) is 0 Å². The van der Waals surface area contributed by atoms with E-state index in [0.717, 1.165) is 25.7 Å². The summed E-state index contributed by atoms with van der Waals surface area (Å²) >= 11 is 0. The molecule has 174 valence electrons. The molecule has 0 amide bonds. The van der Waals surface area contributed by atoms with Gasteiger partial charge in [0.25, 0.3) is 0 Å². The Morgan fingerprint density at radius 3 is 1.80 bits per heavy atom. The lowest BCUT2D eigenvalue weighted by Crippen LogP contribution is -2.19. The summed E-state index contributed by atoms with van der Waals surface area (Å²) < 4.78 is 4.89. The van der Waals surface area contributed by atoms with E-state index in [0.29, 0.717) is 6.42 Å². The minimum absolute atomic E-state index is 0.0426. The zero-order valence-electron chi connectivity index (χ0n) is 19.4. The maximum Gasteiger partial charge on any atom is 0.307 e. The first-order valence-electron chi connectivity index (χ1n) is 12.3. The van der Waals surface area contributed by atoms with Crippen molar-refractivity contribution in [1.29, 1.82) is 0 Å². The van der Waals surface area contributed by atoms with Crippen LogP contribution in [0.4, 0.5) is 0 Å². The summed E-state index contributed by atoms with van der Waals surface area (Å²) in [4.78, 5) is 22.8. The number of allylic oxidation sites excluding steroid dienone is 2. The van der Waals surface area contributed by atoms with Crippen molar-refractivity contribution in [3.05, 3.63) is 24.8 Å². The molecule has 0 heterocycles. The number of rotatable bonds is 22. The number of esters is 1. The third-order valence-electron chi connectivity index (χ3n) is 5.45. The van der Waals surface area contributed by atoms with Crippen LogP contribution in [0.15, 0.2) is 24.8 Å². The maximum atomic E-state index is 11.6. The first-order valence-corrected chi connectivity index (χ1v) is 12.3. The topological polar surface area (TPSA) is 63.6 Å². The van der Waals surface area contributed by atoms with Crippen molar-refractivity contribution in [3.63, 3.8) is 0 Å². The van der Waals surface area contributed by atoms with Crippen LogP contribution in [0.25, 0.3) is 0 Å². The first kappa shape index (κ1) is 28.4. The normalized spacial score (nSPS) is 12.2. The average molecular weight is 423 g/mol. The molecule has 1 unspecified atom stereocenters. The number of aliphatic carboxylic acids is 1. The van der Waals surface area contributed by atoms with E-state index in [1.807, 2.05) is 0 Å². The SMILES string of the molecule is C=CCOC(=O)CC(CCCCCCCCCCCCCCC/C=C/CC)C(=O)O. The summed E-state index contributed by atoms with van der Waals surface area (Å²) in [7, 11) is 0. The van der Waals surface area contributed by atoms with E-state index in [2.05, 4.69) is 25.7 Å². The largest absolute Gasteiger partial charge is 0.481 e. The second kappa shape index (κ2) is 22.1. The minimum atomic E-state index is -0.904. The van der Waals surface area contributed by atoms with E-state index < -0.39 is 17.9 Å². The summed E-state index contributed by atoms with van der Waals surface area (Å²) in [5.74, 6) is -1.99. The number of hydrogen-bond acceptors (Lipinski definition) is 3. The van der Waals surface area contributed by atoms with Crippen LogP contribution in [-0.2, 0) is 14.3 Å². The van der Waals surface area contributed by atoms with Crippen LogP contribution < -0.4 is 0 Å². The number of carbonyl (C=O) groups excluding carboxylic acids is 1. The molecule has 1 atom stereocenters. The highest BCUT2D eigenvalue weighted by Crippen LogP contribution is 2.17. The molecule has 0 saturated heterocycles. The number of carboxylic acids is 1. The number of ether oxygens (including phenoxy) is 1. The fourth-order valence-electron chi connectivity index (χ4n) is 3.61. The van der Waals surface area contributed by atoms with Crippen LogP contribution >= 0.6 is 0 Å². The molecule has 0 aliphatic rings. The van der Waals surface area contributed by atoms with Gasteiger partial charge in [0.1, 0.15) is 6.61 Å². The third-order valence-corrected chi connectivity index (χ3v) is 5.45. The molecule has 4 nitrogen and oxygen atoms in total. The van der Waals surface area contributed by atoms with Gasteiger partial charge in [-0.25, -0.2) is 0 Å². The smallest absolute Gasteiger partial charge is 0.307 e. The summed E-state index contributed by atoms with van der Waals surface area (Å²) in [5, 5.41) is 9.25. The molecule has 0 aromatic heterocycles. The summed E-state index contributed by atoms with van der Waals surface area (Å²) in [6.45, 7) is 5.80. The highest BCUT2D eigenvalue weighted by atomic mass is 16.5. The Hall–Kier alpha value is -1.58. The van der Waals surface area contributed by atoms with Crippen LogP contribution in [0.5, 0.6) is 0 Å². The molecule has 0 rings (SSSR count). The molecule has 0 aliphatic carbocycles. The van der Waals surface area contributed by atoms with Crippen molar-refractivity contribution >= 4 is 11.9 Å². The summed E-state index contributed by atoms with van der Waals surface area (Å²) in [6, 6.07) is 0. The number of unbranched alkanes of at least 4 members (excludes halogenated alkanes) is 13. The van der Waals surface area contributed by atoms with Crippen LogP contribution in [0.1, 0.15) is 116 Å². The molecule has 0 radical (unpaired) electrons. The van der Waals surface area contributed by atoms with E-state index in [-0.39, 0.29) is 13.0 Å². The Labute approximate surface area is 185 Å². The van der Waals surface area contributed by atoms with Crippen LogP contribution in [0.2, 0.25) is 0 Å². The number of hydrogen-bond donors (Lipinski definition) is 1. The van der Waals surface area contributed by atoms with E-state index >= 15 is 0 Å². The fourth-order valence-corrected chi connectivity index (χ4v) is 3.61. The van der Waals surface area contributed by atoms with E-state index in [1.54, 1.807) is 0 Å². The maximum absolute atomic E-state index is 11.6. The lowest BCUT2D eigenvalue weighted by Gasteiger charge is -2.11. The fraction of sp³-hybridized carbons (Fsp3) is 0.769. The lowest BCUT2D eigenvalue weighted by molar-refractivity contribution is -0.151. The zero-order chi connectivity index (χ0) is 22.3. The Morgan fingerprint density at radius 1 is 0.833 bits per heavy atom. The van der Waals surface area contributed by atoms with Gasteiger partial charge in [0.2, 0.25) is 0 Å². The highest BCUT2D eigenvalue weighted by molar-refractivity contribution is 5.78. The Balaban J connectivity index is 3.43. The van der Waals surface area contributed by atoms with Crippen molar-refractivity contribution in [2.75, 3.05) is 6.61 Å². The van der Waals surface area contributed by atoms with Crippen molar-refractivity contribution in [2.45, 2.75) is 116 Å². The van der Waals surface area contributed by atoms with Crippen molar-refractivity contribution < 1.29 is 19.4 Å². The first-order chi connectivity index (χ1) is 14.6. The lowest BCUT2D eigenvalue weighted by atomic mass is 9.97. The molecule has 0 fully saturated rings. The molecular formula is C26H46O4. The molecule has 0 aromatic carbocycles.